The van der Waals surface area contributed by atoms with E-state index in [0.717, 1.165) is 0 Å². The highest BCUT2D eigenvalue weighted by molar-refractivity contribution is 5.99. The molecule has 0 spiro atoms. The van der Waals surface area contributed by atoms with Crippen molar-refractivity contribution in [1.29, 1.82) is 0 Å². The highest BCUT2D eigenvalue weighted by Crippen LogP contribution is 2.40. The molecule has 2 heterocycles. The standard InChI is InChI=1S/C21H19NO6/c1-2-27-16-11-12(7-8-14(16)24)18-17-19(25)13-5-3-4-6-15(13)28-20(17)21(26)22(18)9-10-23/h3-8,11,18,23-24H,2,9-10H2,1H3/t18-/m0/s1. The third-order valence-electron chi connectivity index (χ3n) is 4.81. The molecule has 0 aliphatic carbocycles. The molecule has 0 bridgehead atoms. The van der Waals surface area contributed by atoms with E-state index in [1.54, 1.807) is 43.3 Å². The summed E-state index contributed by atoms with van der Waals surface area (Å²) in [6.07, 6.45) is 0. The molecule has 7 heteroatoms. The minimum Gasteiger partial charge on any atom is -0.504 e. The zero-order valence-electron chi connectivity index (χ0n) is 15.2. The fraction of sp³-hybridized carbons (Fsp3) is 0.238. The Morgan fingerprint density at radius 1 is 1.18 bits per heavy atom. The number of hydrogen-bond acceptors (Lipinski definition) is 6. The SMILES string of the molecule is CCOc1cc([C@H]2c3c(oc4ccccc4c3=O)C(=O)N2CCO)ccc1O. The lowest BCUT2D eigenvalue weighted by Crippen LogP contribution is -2.32. The number of fused-ring (bicyclic) bond motifs is 2. The van der Waals surface area contributed by atoms with Crippen molar-refractivity contribution in [2.45, 2.75) is 13.0 Å². The number of amides is 1. The van der Waals surface area contributed by atoms with Crippen LogP contribution >= 0.6 is 0 Å². The topological polar surface area (TPSA) is 100 Å². The number of phenolic OH excluding ortho intramolecular Hbond substituents is 1. The van der Waals surface area contributed by atoms with Crippen LogP contribution in [0.1, 0.15) is 34.6 Å². The molecule has 0 saturated heterocycles. The maximum absolute atomic E-state index is 13.2. The highest BCUT2D eigenvalue weighted by Gasteiger charge is 2.42. The molecule has 2 aromatic carbocycles. The zero-order valence-corrected chi connectivity index (χ0v) is 15.2. The lowest BCUT2D eigenvalue weighted by atomic mass is 9.98. The van der Waals surface area contributed by atoms with Crippen molar-refractivity contribution in [3.8, 4) is 11.5 Å². The molecule has 4 rings (SSSR count). The summed E-state index contributed by atoms with van der Waals surface area (Å²) in [5, 5.41) is 19.8. The fourth-order valence-electron chi connectivity index (χ4n) is 3.62. The molecule has 2 N–H and O–H groups in total. The number of aliphatic hydroxyl groups is 1. The molecular formula is C21H19NO6. The first-order chi connectivity index (χ1) is 13.6. The van der Waals surface area contributed by atoms with E-state index in [0.29, 0.717) is 23.1 Å². The molecule has 1 aromatic heterocycles. The molecule has 0 unspecified atom stereocenters. The second-order valence-corrected chi connectivity index (χ2v) is 6.46. The maximum atomic E-state index is 13.2. The van der Waals surface area contributed by atoms with Crippen LogP contribution < -0.4 is 10.2 Å². The first-order valence-corrected chi connectivity index (χ1v) is 9.00. The number of aliphatic hydroxyl groups excluding tert-OH is 1. The number of para-hydroxylation sites is 1. The summed E-state index contributed by atoms with van der Waals surface area (Å²) in [5.41, 5.74) is 0.862. The number of nitrogens with zero attached hydrogens (tertiary/aromatic N) is 1. The number of β-amino-alcohol motifs (C(OH)–C–C–N with tert-alkyl or cyclic N) is 1. The van der Waals surface area contributed by atoms with Gasteiger partial charge in [0, 0.05) is 6.54 Å². The van der Waals surface area contributed by atoms with Gasteiger partial charge >= 0.3 is 0 Å². The van der Waals surface area contributed by atoms with Gasteiger partial charge in [0.1, 0.15) is 5.58 Å². The van der Waals surface area contributed by atoms with Crippen molar-refractivity contribution >= 4 is 16.9 Å². The average Bonchev–Trinajstić information content (AvgIpc) is 2.97. The summed E-state index contributed by atoms with van der Waals surface area (Å²) in [6.45, 7) is 1.92. The van der Waals surface area contributed by atoms with Gasteiger partial charge in [-0.05, 0) is 36.8 Å². The molecule has 1 amide bonds. The molecule has 0 saturated carbocycles. The zero-order chi connectivity index (χ0) is 19.8. The Morgan fingerprint density at radius 2 is 1.96 bits per heavy atom. The van der Waals surface area contributed by atoms with Crippen molar-refractivity contribution in [3.63, 3.8) is 0 Å². The number of benzene rings is 2. The van der Waals surface area contributed by atoms with Crippen LogP contribution in [0.15, 0.2) is 51.7 Å². The second kappa shape index (κ2) is 7.01. The normalized spacial score (nSPS) is 15.9. The number of rotatable bonds is 5. The van der Waals surface area contributed by atoms with Crippen molar-refractivity contribution in [3.05, 3.63) is 69.6 Å². The Morgan fingerprint density at radius 3 is 2.71 bits per heavy atom. The molecule has 0 radical (unpaired) electrons. The van der Waals surface area contributed by atoms with Crippen LogP contribution in [-0.2, 0) is 0 Å². The van der Waals surface area contributed by atoms with E-state index in [1.807, 2.05) is 0 Å². The Bertz CT molecular complexity index is 1120. The van der Waals surface area contributed by atoms with Gasteiger partial charge in [0.2, 0.25) is 5.76 Å². The monoisotopic (exact) mass is 381 g/mol. The molecule has 1 aliphatic heterocycles. The largest absolute Gasteiger partial charge is 0.504 e. The number of phenols is 1. The van der Waals surface area contributed by atoms with Crippen LogP contribution in [0.25, 0.3) is 11.0 Å². The molecule has 1 aliphatic rings. The first kappa shape index (κ1) is 18.1. The third-order valence-corrected chi connectivity index (χ3v) is 4.81. The quantitative estimate of drug-likeness (QED) is 0.704. The van der Waals surface area contributed by atoms with Gasteiger partial charge in [-0.3, -0.25) is 9.59 Å². The first-order valence-electron chi connectivity index (χ1n) is 9.00. The summed E-state index contributed by atoms with van der Waals surface area (Å²) in [5.74, 6) is -0.249. The van der Waals surface area contributed by atoms with E-state index in [4.69, 9.17) is 9.15 Å². The molecule has 3 aromatic rings. The predicted molar refractivity (Wildman–Crippen MR) is 102 cm³/mol. The van der Waals surface area contributed by atoms with Gasteiger partial charge in [0.25, 0.3) is 5.91 Å². The molecule has 7 nitrogen and oxygen atoms in total. The number of ether oxygens (including phenoxy) is 1. The summed E-state index contributed by atoms with van der Waals surface area (Å²) >= 11 is 0. The Kier molecular flexibility index (Phi) is 4.52. The Balaban J connectivity index is 1.96. The van der Waals surface area contributed by atoms with E-state index in [-0.39, 0.29) is 41.4 Å². The smallest absolute Gasteiger partial charge is 0.290 e. The van der Waals surface area contributed by atoms with Crippen molar-refractivity contribution in [1.82, 2.24) is 4.90 Å². The van der Waals surface area contributed by atoms with Crippen LogP contribution in [0.4, 0.5) is 0 Å². The van der Waals surface area contributed by atoms with Gasteiger partial charge in [0.05, 0.1) is 30.2 Å². The Hall–Kier alpha value is -3.32. The number of carbonyl (C=O) groups is 1. The number of carbonyl (C=O) groups excluding carboxylic acids is 1. The summed E-state index contributed by atoms with van der Waals surface area (Å²) < 4.78 is 11.2. The van der Waals surface area contributed by atoms with Crippen LogP contribution in [0.5, 0.6) is 11.5 Å². The minimum atomic E-state index is -0.740. The van der Waals surface area contributed by atoms with Crippen LogP contribution in [0, 0.1) is 0 Å². The van der Waals surface area contributed by atoms with Crippen LogP contribution in [0.3, 0.4) is 0 Å². The van der Waals surface area contributed by atoms with Gasteiger partial charge in [-0.2, -0.15) is 0 Å². The lowest BCUT2D eigenvalue weighted by molar-refractivity contribution is 0.0691. The van der Waals surface area contributed by atoms with E-state index in [9.17, 15) is 19.8 Å². The summed E-state index contributed by atoms with van der Waals surface area (Å²) in [6, 6.07) is 10.7. The van der Waals surface area contributed by atoms with Crippen molar-refractivity contribution in [2.75, 3.05) is 19.8 Å². The van der Waals surface area contributed by atoms with Gasteiger partial charge in [-0.15, -0.1) is 0 Å². The van der Waals surface area contributed by atoms with Crippen molar-refractivity contribution < 1.29 is 24.2 Å². The summed E-state index contributed by atoms with van der Waals surface area (Å²) in [7, 11) is 0. The molecule has 28 heavy (non-hydrogen) atoms. The molecule has 0 fully saturated rings. The summed E-state index contributed by atoms with van der Waals surface area (Å²) in [4.78, 5) is 27.5. The van der Waals surface area contributed by atoms with Crippen LogP contribution in [0.2, 0.25) is 0 Å². The third kappa shape index (κ3) is 2.71. The van der Waals surface area contributed by atoms with Gasteiger partial charge in [0.15, 0.2) is 16.9 Å². The highest BCUT2D eigenvalue weighted by atomic mass is 16.5. The molecule has 144 valence electrons. The Labute approximate surface area is 160 Å². The minimum absolute atomic E-state index is 0.0202. The van der Waals surface area contributed by atoms with Crippen LogP contribution in [-0.4, -0.2) is 40.8 Å². The van der Waals surface area contributed by atoms with E-state index in [2.05, 4.69) is 0 Å². The van der Waals surface area contributed by atoms with E-state index in [1.165, 1.54) is 11.0 Å². The number of hydrogen-bond donors (Lipinski definition) is 2. The van der Waals surface area contributed by atoms with Gasteiger partial charge < -0.3 is 24.3 Å². The maximum Gasteiger partial charge on any atom is 0.290 e. The second-order valence-electron chi connectivity index (χ2n) is 6.46. The molecular weight excluding hydrogens is 362 g/mol. The predicted octanol–water partition coefficient (Wildman–Crippen LogP) is 2.43. The van der Waals surface area contributed by atoms with E-state index < -0.39 is 11.9 Å². The van der Waals surface area contributed by atoms with Gasteiger partial charge in [-0.25, -0.2) is 0 Å². The van der Waals surface area contributed by atoms with Crippen molar-refractivity contribution in [2.24, 2.45) is 0 Å². The number of aromatic hydroxyl groups is 1. The fourth-order valence-corrected chi connectivity index (χ4v) is 3.62. The molecule has 1 atom stereocenters. The van der Waals surface area contributed by atoms with Gasteiger partial charge in [-0.1, -0.05) is 18.2 Å². The van der Waals surface area contributed by atoms with E-state index >= 15 is 0 Å². The average molecular weight is 381 g/mol. The lowest BCUT2D eigenvalue weighted by Gasteiger charge is -2.24.